The molecule has 0 saturated carbocycles. The van der Waals surface area contributed by atoms with E-state index in [1.54, 1.807) is 12.3 Å². The van der Waals surface area contributed by atoms with Crippen LogP contribution in [0.4, 0.5) is 5.69 Å². The molecule has 0 fully saturated rings. The maximum Gasteiger partial charge on any atom is 0.224 e. The van der Waals surface area contributed by atoms with Crippen molar-refractivity contribution in [2.45, 2.75) is 26.3 Å². The van der Waals surface area contributed by atoms with Gasteiger partial charge >= 0.3 is 0 Å². The number of aromatic nitrogens is 1. The maximum absolute atomic E-state index is 11.9. The van der Waals surface area contributed by atoms with E-state index < -0.39 is 0 Å². The second-order valence-corrected chi connectivity index (χ2v) is 4.62. The fourth-order valence-electron chi connectivity index (χ4n) is 2.07. The van der Waals surface area contributed by atoms with E-state index in [-0.39, 0.29) is 5.91 Å². The quantitative estimate of drug-likeness (QED) is 0.817. The molecule has 104 valence electrons. The molecular formula is C16H19N3O. The van der Waals surface area contributed by atoms with Gasteiger partial charge in [0.2, 0.25) is 5.91 Å². The van der Waals surface area contributed by atoms with Gasteiger partial charge < -0.3 is 11.1 Å². The molecule has 0 saturated heterocycles. The van der Waals surface area contributed by atoms with Crippen LogP contribution in [0, 0.1) is 0 Å². The van der Waals surface area contributed by atoms with Gasteiger partial charge in [0.05, 0.1) is 18.7 Å². The largest absolute Gasteiger partial charge is 0.398 e. The van der Waals surface area contributed by atoms with Crippen LogP contribution >= 0.6 is 0 Å². The lowest BCUT2D eigenvalue weighted by Gasteiger charge is -2.09. The number of nitrogens with zero attached hydrogens (tertiary/aromatic N) is 1. The topological polar surface area (TPSA) is 68.0 Å². The fourth-order valence-corrected chi connectivity index (χ4v) is 2.07. The van der Waals surface area contributed by atoms with E-state index in [9.17, 15) is 4.79 Å². The molecule has 0 bridgehead atoms. The Balaban J connectivity index is 1.94. The first-order valence-electron chi connectivity index (χ1n) is 6.73. The van der Waals surface area contributed by atoms with Crippen molar-refractivity contribution >= 4 is 11.6 Å². The van der Waals surface area contributed by atoms with Gasteiger partial charge in [-0.1, -0.05) is 31.2 Å². The zero-order valence-corrected chi connectivity index (χ0v) is 11.6. The lowest BCUT2D eigenvalue weighted by atomic mass is 10.1. The summed E-state index contributed by atoms with van der Waals surface area (Å²) in [4.78, 5) is 16.2. The molecule has 3 N–H and O–H groups in total. The van der Waals surface area contributed by atoms with E-state index >= 15 is 0 Å². The summed E-state index contributed by atoms with van der Waals surface area (Å²) in [7, 11) is 0. The van der Waals surface area contributed by atoms with E-state index in [1.807, 2.05) is 30.3 Å². The zero-order valence-electron chi connectivity index (χ0n) is 11.6. The van der Waals surface area contributed by atoms with Crippen LogP contribution in [0.5, 0.6) is 0 Å². The second kappa shape index (κ2) is 6.70. The Hall–Kier alpha value is -2.36. The maximum atomic E-state index is 11.9. The van der Waals surface area contributed by atoms with Gasteiger partial charge in [0.15, 0.2) is 0 Å². The number of carbonyl (C=O) groups is 1. The summed E-state index contributed by atoms with van der Waals surface area (Å²) in [6.45, 7) is 2.53. The molecule has 1 aromatic carbocycles. The number of anilines is 1. The molecule has 4 heteroatoms. The van der Waals surface area contributed by atoms with Gasteiger partial charge in [-0.15, -0.1) is 0 Å². The molecule has 1 amide bonds. The van der Waals surface area contributed by atoms with E-state index in [2.05, 4.69) is 17.2 Å². The monoisotopic (exact) mass is 269 g/mol. The number of nitrogen functional groups attached to an aromatic ring is 1. The molecule has 0 radical (unpaired) electrons. The Morgan fingerprint density at radius 2 is 1.95 bits per heavy atom. The van der Waals surface area contributed by atoms with Crippen LogP contribution in [0.3, 0.4) is 0 Å². The Kier molecular flexibility index (Phi) is 4.71. The van der Waals surface area contributed by atoms with Crippen LogP contribution < -0.4 is 11.1 Å². The third kappa shape index (κ3) is 3.57. The molecule has 20 heavy (non-hydrogen) atoms. The van der Waals surface area contributed by atoms with Gasteiger partial charge in [-0.25, -0.2) is 0 Å². The molecule has 0 spiro atoms. The summed E-state index contributed by atoms with van der Waals surface area (Å²) in [5.74, 6) is -0.0457. The number of rotatable bonds is 5. The molecule has 4 nitrogen and oxygen atoms in total. The van der Waals surface area contributed by atoms with Crippen molar-refractivity contribution in [1.29, 1.82) is 0 Å². The van der Waals surface area contributed by atoms with Crippen molar-refractivity contribution in [1.82, 2.24) is 10.3 Å². The lowest BCUT2D eigenvalue weighted by Crippen LogP contribution is -2.25. The van der Waals surface area contributed by atoms with Gasteiger partial charge in [0, 0.05) is 11.9 Å². The smallest absolute Gasteiger partial charge is 0.224 e. The summed E-state index contributed by atoms with van der Waals surface area (Å²) in [6.07, 6.45) is 2.95. The molecule has 0 unspecified atom stereocenters. The number of amides is 1. The molecule has 2 aromatic rings. The number of para-hydroxylation sites is 1. The minimum atomic E-state index is -0.0457. The first-order valence-corrected chi connectivity index (χ1v) is 6.73. The van der Waals surface area contributed by atoms with E-state index in [0.29, 0.717) is 18.7 Å². The highest BCUT2D eigenvalue weighted by Crippen LogP contribution is 2.11. The second-order valence-electron chi connectivity index (χ2n) is 4.62. The average molecular weight is 269 g/mol. The van der Waals surface area contributed by atoms with Gasteiger partial charge in [0.25, 0.3) is 0 Å². The Morgan fingerprint density at radius 1 is 1.20 bits per heavy atom. The van der Waals surface area contributed by atoms with Crippen LogP contribution in [-0.2, 0) is 24.2 Å². The molecule has 2 rings (SSSR count). The lowest BCUT2D eigenvalue weighted by molar-refractivity contribution is -0.120. The summed E-state index contributed by atoms with van der Waals surface area (Å²) in [5.41, 5.74) is 9.41. The van der Waals surface area contributed by atoms with Crippen LogP contribution in [0.1, 0.15) is 23.7 Å². The van der Waals surface area contributed by atoms with Crippen LogP contribution in [0.2, 0.25) is 0 Å². The van der Waals surface area contributed by atoms with Gasteiger partial charge in [-0.2, -0.15) is 0 Å². The van der Waals surface area contributed by atoms with Crippen LogP contribution in [0.15, 0.2) is 42.6 Å². The Labute approximate surface area is 119 Å². The SMILES string of the molecule is CCc1cccnc1CNC(=O)Cc1ccccc1N. The fraction of sp³-hybridized carbons (Fsp3) is 0.250. The molecule has 0 atom stereocenters. The highest BCUT2D eigenvalue weighted by molar-refractivity contribution is 5.80. The number of pyridine rings is 1. The van der Waals surface area contributed by atoms with Crippen molar-refractivity contribution in [3.8, 4) is 0 Å². The molecule has 0 aliphatic heterocycles. The van der Waals surface area contributed by atoms with Crippen molar-refractivity contribution < 1.29 is 4.79 Å². The predicted molar refractivity (Wildman–Crippen MR) is 80.0 cm³/mol. The van der Waals surface area contributed by atoms with E-state index in [1.165, 1.54) is 0 Å². The first kappa shape index (κ1) is 14.1. The van der Waals surface area contributed by atoms with Crippen molar-refractivity contribution in [2.75, 3.05) is 5.73 Å². The Bertz CT molecular complexity index is 596. The van der Waals surface area contributed by atoms with Crippen LogP contribution in [-0.4, -0.2) is 10.9 Å². The number of hydrogen-bond acceptors (Lipinski definition) is 3. The van der Waals surface area contributed by atoms with Crippen molar-refractivity contribution in [2.24, 2.45) is 0 Å². The summed E-state index contributed by atoms with van der Waals surface area (Å²) in [5, 5.41) is 2.89. The van der Waals surface area contributed by atoms with E-state index in [0.717, 1.165) is 23.2 Å². The third-order valence-electron chi connectivity index (χ3n) is 3.22. The molecule has 1 aromatic heterocycles. The van der Waals surface area contributed by atoms with Gasteiger partial charge in [-0.3, -0.25) is 9.78 Å². The number of nitrogens with two attached hydrogens (primary N) is 1. The minimum absolute atomic E-state index is 0.0457. The van der Waals surface area contributed by atoms with E-state index in [4.69, 9.17) is 5.73 Å². The minimum Gasteiger partial charge on any atom is -0.398 e. The standard InChI is InChI=1S/C16H19N3O/c1-2-12-7-5-9-18-15(12)11-19-16(20)10-13-6-3-4-8-14(13)17/h3-9H,2,10-11,17H2,1H3,(H,19,20). The molecule has 0 aliphatic carbocycles. The Morgan fingerprint density at radius 3 is 2.70 bits per heavy atom. The van der Waals surface area contributed by atoms with Crippen molar-refractivity contribution in [3.05, 3.63) is 59.4 Å². The molecular weight excluding hydrogens is 250 g/mol. The summed E-state index contributed by atoms with van der Waals surface area (Å²) < 4.78 is 0. The zero-order chi connectivity index (χ0) is 14.4. The molecule has 0 aliphatic rings. The van der Waals surface area contributed by atoms with Crippen molar-refractivity contribution in [3.63, 3.8) is 0 Å². The van der Waals surface area contributed by atoms with Crippen LogP contribution in [0.25, 0.3) is 0 Å². The first-order chi connectivity index (χ1) is 9.70. The average Bonchev–Trinajstić information content (AvgIpc) is 2.48. The number of benzene rings is 1. The third-order valence-corrected chi connectivity index (χ3v) is 3.22. The predicted octanol–water partition coefficient (Wildman–Crippen LogP) is 2.09. The summed E-state index contributed by atoms with van der Waals surface area (Å²) >= 11 is 0. The molecule has 1 heterocycles. The number of aryl methyl sites for hydroxylation is 1. The highest BCUT2D eigenvalue weighted by atomic mass is 16.1. The number of hydrogen-bond donors (Lipinski definition) is 2. The number of nitrogens with one attached hydrogen (secondary N) is 1. The highest BCUT2D eigenvalue weighted by Gasteiger charge is 2.07. The normalized spacial score (nSPS) is 10.2. The summed E-state index contributed by atoms with van der Waals surface area (Å²) in [6, 6.07) is 11.4. The van der Waals surface area contributed by atoms with Gasteiger partial charge in [-0.05, 0) is 29.7 Å². The number of carbonyl (C=O) groups excluding carboxylic acids is 1. The van der Waals surface area contributed by atoms with Gasteiger partial charge in [0.1, 0.15) is 0 Å².